The molecule has 0 bridgehead atoms. The summed E-state index contributed by atoms with van der Waals surface area (Å²) in [6.07, 6.45) is 1.63. The summed E-state index contributed by atoms with van der Waals surface area (Å²) in [6, 6.07) is 18.5. The third-order valence-electron chi connectivity index (χ3n) is 5.86. The van der Waals surface area contributed by atoms with Crippen LogP contribution in [-0.2, 0) is 10.0 Å². The van der Waals surface area contributed by atoms with E-state index in [9.17, 15) is 8.42 Å². The second-order valence-electron chi connectivity index (χ2n) is 7.92. The second-order valence-corrected chi connectivity index (χ2v) is 9.68. The van der Waals surface area contributed by atoms with E-state index in [0.29, 0.717) is 0 Å². The predicted molar refractivity (Wildman–Crippen MR) is 125 cm³/mol. The first-order valence-electron chi connectivity index (χ1n) is 10.7. The number of furan rings is 1. The Morgan fingerprint density at radius 3 is 2.28 bits per heavy atom. The number of benzene rings is 2. The summed E-state index contributed by atoms with van der Waals surface area (Å²) >= 11 is 0. The van der Waals surface area contributed by atoms with Crippen molar-refractivity contribution >= 4 is 15.7 Å². The van der Waals surface area contributed by atoms with Crippen molar-refractivity contribution in [2.75, 3.05) is 44.7 Å². The number of aryl methyl sites for hydroxylation is 1. The Kier molecular flexibility index (Phi) is 6.83. The molecule has 1 atom stereocenters. The zero-order valence-corrected chi connectivity index (χ0v) is 19.2. The van der Waals surface area contributed by atoms with Crippen LogP contribution in [0, 0.1) is 6.92 Å². The lowest BCUT2D eigenvalue weighted by molar-refractivity contribution is 0.166. The molecule has 0 unspecified atom stereocenters. The van der Waals surface area contributed by atoms with Crippen molar-refractivity contribution in [1.82, 2.24) is 9.62 Å². The Bertz CT molecular complexity index is 1090. The van der Waals surface area contributed by atoms with Crippen molar-refractivity contribution in [2.24, 2.45) is 0 Å². The van der Waals surface area contributed by atoms with E-state index < -0.39 is 10.0 Å². The molecule has 7 nitrogen and oxygen atoms in total. The van der Waals surface area contributed by atoms with Gasteiger partial charge in [-0.3, -0.25) is 4.90 Å². The van der Waals surface area contributed by atoms with E-state index in [1.807, 2.05) is 31.2 Å². The highest BCUT2D eigenvalue weighted by atomic mass is 32.2. The Labute approximate surface area is 189 Å². The maximum absolute atomic E-state index is 12.8. The molecule has 1 aromatic heterocycles. The monoisotopic (exact) mass is 455 g/mol. The molecule has 4 rings (SSSR count). The zero-order valence-electron chi connectivity index (χ0n) is 18.4. The van der Waals surface area contributed by atoms with Gasteiger partial charge in [0.25, 0.3) is 0 Å². The minimum Gasteiger partial charge on any atom is -0.497 e. The smallest absolute Gasteiger partial charge is 0.240 e. The fourth-order valence-corrected chi connectivity index (χ4v) is 5.00. The topological polar surface area (TPSA) is 75.0 Å². The van der Waals surface area contributed by atoms with E-state index in [1.165, 1.54) is 0 Å². The average Bonchev–Trinajstić information content (AvgIpc) is 3.35. The Morgan fingerprint density at radius 2 is 1.69 bits per heavy atom. The molecule has 3 aromatic rings. The molecule has 1 aliphatic rings. The molecule has 0 spiro atoms. The van der Waals surface area contributed by atoms with E-state index >= 15 is 0 Å². The Hall–Kier alpha value is -2.81. The van der Waals surface area contributed by atoms with Crippen molar-refractivity contribution in [1.29, 1.82) is 0 Å². The standard InChI is InChI=1S/C24H29N3O4S/c1-19-5-11-22(12-6-19)32(28,29)25-18-23(24-4-3-17-31-24)27-15-13-26(14-16-27)20-7-9-21(30-2)10-8-20/h3-12,17,23,25H,13-16,18H2,1-2H3/t23-/m0/s1. The van der Waals surface area contributed by atoms with Gasteiger partial charge in [0, 0.05) is 38.4 Å². The zero-order chi connectivity index (χ0) is 22.6. The summed E-state index contributed by atoms with van der Waals surface area (Å²) in [6.45, 7) is 5.45. The van der Waals surface area contributed by atoms with Crippen LogP contribution in [0.3, 0.4) is 0 Å². The lowest BCUT2D eigenvalue weighted by Gasteiger charge is -2.39. The maximum Gasteiger partial charge on any atom is 0.240 e. The fourth-order valence-electron chi connectivity index (χ4n) is 3.96. The Balaban J connectivity index is 1.43. The van der Waals surface area contributed by atoms with Gasteiger partial charge in [-0.05, 0) is 55.5 Å². The first-order valence-corrected chi connectivity index (χ1v) is 12.2. The molecule has 1 N–H and O–H groups in total. The van der Waals surface area contributed by atoms with E-state index in [0.717, 1.165) is 48.9 Å². The summed E-state index contributed by atoms with van der Waals surface area (Å²) in [5.41, 5.74) is 2.17. The molecule has 2 heterocycles. The van der Waals surface area contributed by atoms with Crippen LogP contribution in [0.1, 0.15) is 17.4 Å². The van der Waals surface area contributed by atoms with Crippen molar-refractivity contribution in [3.05, 3.63) is 78.3 Å². The summed E-state index contributed by atoms with van der Waals surface area (Å²) in [7, 11) is -1.94. The molecular weight excluding hydrogens is 426 g/mol. The normalized spacial score (nSPS) is 16.1. The van der Waals surface area contributed by atoms with Crippen molar-refractivity contribution < 1.29 is 17.6 Å². The minimum absolute atomic E-state index is 0.178. The summed E-state index contributed by atoms with van der Waals surface area (Å²) in [4.78, 5) is 4.87. The van der Waals surface area contributed by atoms with Crippen molar-refractivity contribution in [2.45, 2.75) is 17.9 Å². The number of hydrogen-bond acceptors (Lipinski definition) is 6. The van der Waals surface area contributed by atoms with Gasteiger partial charge in [-0.25, -0.2) is 13.1 Å². The highest BCUT2D eigenvalue weighted by molar-refractivity contribution is 7.89. The minimum atomic E-state index is -3.60. The van der Waals surface area contributed by atoms with Crippen LogP contribution in [-0.4, -0.2) is 53.2 Å². The predicted octanol–water partition coefficient (Wildman–Crippen LogP) is 3.44. The van der Waals surface area contributed by atoms with E-state index in [2.05, 4.69) is 26.7 Å². The molecule has 0 amide bonds. The number of hydrogen-bond donors (Lipinski definition) is 1. The number of nitrogens with one attached hydrogen (secondary N) is 1. The lowest BCUT2D eigenvalue weighted by Crippen LogP contribution is -2.49. The molecule has 1 aliphatic heterocycles. The quantitative estimate of drug-likeness (QED) is 0.561. The molecule has 0 aliphatic carbocycles. The third-order valence-corrected chi connectivity index (χ3v) is 7.30. The van der Waals surface area contributed by atoms with Crippen molar-refractivity contribution in [3.8, 4) is 5.75 Å². The van der Waals surface area contributed by atoms with Gasteiger partial charge in [0.2, 0.25) is 10.0 Å². The van der Waals surface area contributed by atoms with Gasteiger partial charge in [0.1, 0.15) is 11.5 Å². The largest absolute Gasteiger partial charge is 0.497 e. The highest BCUT2D eigenvalue weighted by Gasteiger charge is 2.28. The van der Waals surface area contributed by atoms with Crippen LogP contribution in [0.25, 0.3) is 0 Å². The van der Waals surface area contributed by atoms with Gasteiger partial charge in [-0.2, -0.15) is 0 Å². The molecule has 8 heteroatoms. The molecule has 0 radical (unpaired) electrons. The van der Waals surface area contributed by atoms with E-state index in [4.69, 9.17) is 9.15 Å². The lowest BCUT2D eigenvalue weighted by atomic mass is 10.1. The van der Waals surface area contributed by atoms with Gasteiger partial charge >= 0.3 is 0 Å². The van der Waals surface area contributed by atoms with Gasteiger partial charge < -0.3 is 14.1 Å². The van der Waals surface area contributed by atoms with Gasteiger partial charge in [0.15, 0.2) is 0 Å². The van der Waals surface area contributed by atoms with Crippen LogP contribution in [0.4, 0.5) is 5.69 Å². The number of methoxy groups -OCH3 is 1. The number of piperazine rings is 1. The van der Waals surface area contributed by atoms with Gasteiger partial charge in [-0.1, -0.05) is 17.7 Å². The van der Waals surface area contributed by atoms with Crippen LogP contribution in [0.15, 0.2) is 76.2 Å². The Morgan fingerprint density at radius 1 is 1.00 bits per heavy atom. The number of ether oxygens (including phenoxy) is 1. The van der Waals surface area contributed by atoms with Crippen LogP contribution in [0.5, 0.6) is 5.75 Å². The second kappa shape index (κ2) is 9.77. The highest BCUT2D eigenvalue weighted by Crippen LogP contribution is 2.26. The van der Waals surface area contributed by atoms with Crippen LogP contribution in [0.2, 0.25) is 0 Å². The van der Waals surface area contributed by atoms with Crippen molar-refractivity contribution in [3.63, 3.8) is 0 Å². The van der Waals surface area contributed by atoms with Crippen LogP contribution < -0.4 is 14.4 Å². The number of nitrogens with zero attached hydrogens (tertiary/aromatic N) is 2. The molecular formula is C24H29N3O4S. The first-order chi connectivity index (χ1) is 15.5. The molecule has 0 saturated carbocycles. The fraction of sp³-hybridized carbons (Fsp3) is 0.333. The molecule has 1 saturated heterocycles. The summed E-state index contributed by atoms with van der Waals surface area (Å²) < 4.78 is 39.3. The number of anilines is 1. The third kappa shape index (κ3) is 5.15. The van der Waals surface area contributed by atoms with Crippen LogP contribution >= 0.6 is 0 Å². The number of rotatable bonds is 8. The van der Waals surface area contributed by atoms with E-state index in [-0.39, 0.29) is 17.5 Å². The SMILES string of the molecule is COc1ccc(N2CCN([C@@H](CNS(=O)(=O)c3ccc(C)cc3)c3ccco3)CC2)cc1. The maximum atomic E-state index is 12.8. The summed E-state index contributed by atoms with van der Waals surface area (Å²) in [5, 5.41) is 0. The summed E-state index contributed by atoms with van der Waals surface area (Å²) in [5.74, 6) is 1.60. The van der Waals surface area contributed by atoms with Gasteiger partial charge in [0.05, 0.1) is 24.3 Å². The first kappa shape index (κ1) is 22.4. The number of sulfonamides is 1. The molecule has 1 fully saturated rings. The molecule has 2 aromatic carbocycles. The molecule has 32 heavy (non-hydrogen) atoms. The average molecular weight is 456 g/mol. The molecule has 170 valence electrons. The van der Waals surface area contributed by atoms with Gasteiger partial charge in [-0.15, -0.1) is 0 Å². The van der Waals surface area contributed by atoms with E-state index in [1.54, 1.807) is 37.6 Å².